The van der Waals surface area contributed by atoms with Crippen LogP contribution in [-0.2, 0) is 0 Å². The van der Waals surface area contributed by atoms with Crippen LogP contribution >= 0.6 is 0 Å². The summed E-state index contributed by atoms with van der Waals surface area (Å²) in [5, 5.41) is 0. The van der Waals surface area contributed by atoms with E-state index in [9.17, 15) is 0 Å². The van der Waals surface area contributed by atoms with Crippen LogP contribution in [0.15, 0.2) is 18.5 Å². The largest absolute Gasteiger partial charge is 0.476 e. The second-order valence-corrected chi connectivity index (χ2v) is 2.34. The van der Waals surface area contributed by atoms with E-state index in [2.05, 4.69) is 10.9 Å². The molecule has 1 unspecified atom stereocenters. The van der Waals surface area contributed by atoms with Crippen molar-refractivity contribution in [2.45, 2.75) is 13.0 Å². The molecule has 1 aromatic rings. The highest BCUT2D eigenvalue weighted by atomic mass is 16.5. The minimum Gasteiger partial charge on any atom is -0.476 e. The summed E-state index contributed by atoms with van der Waals surface area (Å²) in [6, 6.07) is 1.68. The molecule has 3 nitrogen and oxygen atoms in total. The maximum Gasteiger partial charge on any atom is 0.156 e. The summed E-state index contributed by atoms with van der Waals surface area (Å²) in [5.41, 5.74) is 6.07. The molecular weight excluding hydrogens is 152 g/mol. The van der Waals surface area contributed by atoms with Gasteiger partial charge in [0.05, 0.1) is 11.9 Å². The van der Waals surface area contributed by atoms with Crippen LogP contribution in [0.4, 0.5) is 5.69 Å². The summed E-state index contributed by atoms with van der Waals surface area (Å²) in [5.74, 6) is 3.02. The summed E-state index contributed by atoms with van der Waals surface area (Å²) < 4.78 is 5.29. The lowest BCUT2D eigenvalue weighted by Gasteiger charge is -2.09. The molecule has 0 aromatic carbocycles. The highest BCUT2D eigenvalue weighted by Gasteiger charge is 2.02. The first-order chi connectivity index (χ1) is 5.74. The summed E-state index contributed by atoms with van der Waals surface area (Å²) >= 11 is 0. The lowest BCUT2D eigenvalue weighted by molar-refractivity contribution is 0.280. The molecule has 0 amide bonds. The Hall–Kier alpha value is -1.69. The average Bonchev–Trinajstić information content (AvgIpc) is 2.09. The molecule has 0 aliphatic carbocycles. The Morgan fingerprint density at radius 3 is 3.08 bits per heavy atom. The second-order valence-electron chi connectivity index (χ2n) is 2.34. The number of hydrogen-bond donors (Lipinski definition) is 1. The molecule has 2 N–H and O–H groups in total. The molecule has 1 aromatic heterocycles. The van der Waals surface area contributed by atoms with Crippen molar-refractivity contribution in [2.24, 2.45) is 0 Å². The van der Waals surface area contributed by atoms with E-state index >= 15 is 0 Å². The van der Waals surface area contributed by atoms with Crippen molar-refractivity contribution in [3.8, 4) is 18.1 Å². The second kappa shape index (κ2) is 3.63. The van der Waals surface area contributed by atoms with E-state index in [0.29, 0.717) is 11.4 Å². The van der Waals surface area contributed by atoms with Crippen LogP contribution in [0.3, 0.4) is 0 Å². The van der Waals surface area contributed by atoms with Gasteiger partial charge in [-0.25, -0.2) is 0 Å². The first kappa shape index (κ1) is 8.41. The highest BCUT2D eigenvalue weighted by molar-refractivity contribution is 5.49. The van der Waals surface area contributed by atoms with Gasteiger partial charge in [0.1, 0.15) is 5.75 Å². The van der Waals surface area contributed by atoms with Crippen molar-refractivity contribution in [3.05, 3.63) is 18.5 Å². The Morgan fingerprint density at radius 1 is 1.75 bits per heavy atom. The maximum absolute atomic E-state index is 5.57. The molecule has 1 atom stereocenters. The zero-order valence-electron chi connectivity index (χ0n) is 6.82. The zero-order chi connectivity index (χ0) is 8.97. The molecule has 62 valence electrons. The van der Waals surface area contributed by atoms with Crippen molar-refractivity contribution in [1.29, 1.82) is 0 Å². The number of pyridine rings is 1. The smallest absolute Gasteiger partial charge is 0.156 e. The van der Waals surface area contributed by atoms with E-state index in [1.54, 1.807) is 19.2 Å². The standard InChI is InChI=1S/C9H10N2O/c1-3-7(2)12-9-4-5-11-6-8(9)10/h1,4-7H,10H2,2H3. The fourth-order valence-corrected chi connectivity index (χ4v) is 0.726. The third-order valence-electron chi connectivity index (χ3n) is 1.35. The van der Waals surface area contributed by atoms with E-state index < -0.39 is 0 Å². The van der Waals surface area contributed by atoms with Crippen molar-refractivity contribution < 1.29 is 4.74 Å². The predicted molar refractivity (Wildman–Crippen MR) is 47.6 cm³/mol. The topological polar surface area (TPSA) is 48.1 Å². The molecule has 12 heavy (non-hydrogen) atoms. The maximum atomic E-state index is 5.57. The van der Waals surface area contributed by atoms with Gasteiger partial charge in [-0.05, 0) is 6.92 Å². The quantitative estimate of drug-likeness (QED) is 0.661. The number of terminal acetylenes is 1. The summed E-state index contributed by atoms with van der Waals surface area (Å²) in [7, 11) is 0. The minimum atomic E-state index is -0.269. The van der Waals surface area contributed by atoms with Gasteiger partial charge in [0, 0.05) is 12.3 Å². The summed E-state index contributed by atoms with van der Waals surface area (Å²) in [6.45, 7) is 1.78. The van der Waals surface area contributed by atoms with E-state index in [4.69, 9.17) is 16.9 Å². The fraction of sp³-hybridized carbons (Fsp3) is 0.222. The number of aromatic nitrogens is 1. The summed E-state index contributed by atoms with van der Waals surface area (Å²) in [6.07, 6.45) is 8.00. The number of anilines is 1. The van der Waals surface area contributed by atoms with Crippen molar-refractivity contribution in [1.82, 2.24) is 4.98 Å². The average molecular weight is 162 g/mol. The minimum absolute atomic E-state index is 0.269. The van der Waals surface area contributed by atoms with Crippen LogP contribution in [0.25, 0.3) is 0 Å². The Balaban J connectivity index is 2.77. The van der Waals surface area contributed by atoms with E-state index in [-0.39, 0.29) is 6.10 Å². The molecule has 0 saturated heterocycles. The summed E-state index contributed by atoms with van der Waals surface area (Å²) in [4.78, 5) is 3.82. The Bertz CT molecular complexity index is 304. The number of hydrogen-bond acceptors (Lipinski definition) is 3. The van der Waals surface area contributed by atoms with Crippen LogP contribution in [0, 0.1) is 12.3 Å². The molecule has 3 heteroatoms. The van der Waals surface area contributed by atoms with Gasteiger partial charge in [0.25, 0.3) is 0 Å². The van der Waals surface area contributed by atoms with Gasteiger partial charge in [-0.15, -0.1) is 6.42 Å². The Labute approximate surface area is 71.6 Å². The molecule has 1 heterocycles. The fourth-order valence-electron chi connectivity index (χ4n) is 0.726. The van der Waals surface area contributed by atoms with Crippen molar-refractivity contribution in [2.75, 3.05) is 5.73 Å². The number of rotatable bonds is 2. The predicted octanol–water partition coefficient (Wildman–Crippen LogP) is 1.06. The molecule has 0 bridgehead atoms. The third kappa shape index (κ3) is 1.89. The highest BCUT2D eigenvalue weighted by Crippen LogP contribution is 2.19. The first-order valence-corrected chi connectivity index (χ1v) is 3.56. The van der Waals surface area contributed by atoms with Gasteiger partial charge in [-0.1, -0.05) is 5.92 Å². The molecule has 0 fully saturated rings. The van der Waals surface area contributed by atoms with Crippen LogP contribution in [0.2, 0.25) is 0 Å². The SMILES string of the molecule is C#CC(C)Oc1ccncc1N. The van der Waals surface area contributed by atoms with E-state index in [0.717, 1.165) is 0 Å². The number of nitrogens with zero attached hydrogens (tertiary/aromatic N) is 1. The lowest BCUT2D eigenvalue weighted by Crippen LogP contribution is -2.09. The monoisotopic (exact) mass is 162 g/mol. The van der Waals surface area contributed by atoms with Crippen molar-refractivity contribution in [3.63, 3.8) is 0 Å². The zero-order valence-corrected chi connectivity index (χ0v) is 6.82. The molecule has 0 spiro atoms. The van der Waals surface area contributed by atoms with Crippen molar-refractivity contribution >= 4 is 5.69 Å². The van der Waals surface area contributed by atoms with Crippen LogP contribution in [0.5, 0.6) is 5.75 Å². The molecule has 0 aliphatic heterocycles. The molecule has 0 radical (unpaired) electrons. The van der Waals surface area contributed by atoms with Gasteiger partial charge in [0.15, 0.2) is 6.10 Å². The molecule has 0 saturated carbocycles. The van der Waals surface area contributed by atoms with Crippen LogP contribution in [0.1, 0.15) is 6.92 Å². The van der Waals surface area contributed by atoms with Gasteiger partial charge in [-0.2, -0.15) is 0 Å². The first-order valence-electron chi connectivity index (χ1n) is 3.56. The van der Waals surface area contributed by atoms with Gasteiger partial charge >= 0.3 is 0 Å². The molecule has 1 rings (SSSR count). The normalized spacial score (nSPS) is 11.7. The Kier molecular flexibility index (Phi) is 2.54. The van der Waals surface area contributed by atoms with Crippen LogP contribution < -0.4 is 10.5 Å². The van der Waals surface area contributed by atoms with E-state index in [1.807, 2.05) is 0 Å². The van der Waals surface area contributed by atoms with Crippen LogP contribution in [-0.4, -0.2) is 11.1 Å². The Morgan fingerprint density at radius 2 is 2.50 bits per heavy atom. The number of nitrogens with two attached hydrogens (primary N) is 1. The van der Waals surface area contributed by atoms with E-state index in [1.165, 1.54) is 6.20 Å². The van der Waals surface area contributed by atoms with Gasteiger partial charge in [0.2, 0.25) is 0 Å². The number of nitrogen functional groups attached to an aromatic ring is 1. The number of ether oxygens (including phenoxy) is 1. The molecule has 0 aliphatic rings. The third-order valence-corrected chi connectivity index (χ3v) is 1.35. The lowest BCUT2D eigenvalue weighted by atomic mass is 10.3. The van der Waals surface area contributed by atoms with Gasteiger partial charge < -0.3 is 10.5 Å². The van der Waals surface area contributed by atoms with Gasteiger partial charge in [-0.3, -0.25) is 4.98 Å². The molecular formula is C9H10N2O.